The Balaban J connectivity index is 2.42. The van der Waals surface area contributed by atoms with Crippen molar-refractivity contribution in [2.75, 3.05) is 32.0 Å². The molecule has 0 radical (unpaired) electrons. The molecule has 5 heteroatoms. The highest BCUT2D eigenvalue weighted by Gasteiger charge is 2.07. The van der Waals surface area contributed by atoms with E-state index in [1.54, 1.807) is 0 Å². The first kappa shape index (κ1) is 14.4. The summed E-state index contributed by atoms with van der Waals surface area (Å²) in [4.78, 5) is 13.7. The zero-order chi connectivity index (χ0) is 12.7. The van der Waals surface area contributed by atoms with Crippen LogP contribution < -0.4 is 11.1 Å². The van der Waals surface area contributed by atoms with Crippen LogP contribution in [0, 0.1) is 3.57 Å². The molecule has 0 atom stereocenters. The Morgan fingerprint density at radius 1 is 1.47 bits per heavy atom. The number of nitrogens with zero attached hydrogens (tertiary/aromatic N) is 1. The summed E-state index contributed by atoms with van der Waals surface area (Å²) in [6.07, 6.45) is 0.909. The van der Waals surface area contributed by atoms with E-state index in [1.807, 2.05) is 36.2 Å². The number of benzene rings is 1. The van der Waals surface area contributed by atoms with E-state index in [-0.39, 0.29) is 5.91 Å². The Hall–Kier alpha value is -0.660. The largest absolute Gasteiger partial charge is 0.330 e. The van der Waals surface area contributed by atoms with Crippen molar-refractivity contribution >= 4 is 34.2 Å². The van der Waals surface area contributed by atoms with E-state index < -0.39 is 0 Å². The number of para-hydroxylation sites is 1. The lowest BCUT2D eigenvalue weighted by Gasteiger charge is -2.15. The highest BCUT2D eigenvalue weighted by Crippen LogP contribution is 2.16. The first-order valence-electron chi connectivity index (χ1n) is 5.56. The number of nitrogens with one attached hydrogen (secondary N) is 1. The van der Waals surface area contributed by atoms with Gasteiger partial charge in [-0.3, -0.25) is 9.69 Å². The predicted molar refractivity (Wildman–Crippen MR) is 79.0 cm³/mol. The Kier molecular flexibility index (Phi) is 6.46. The summed E-state index contributed by atoms with van der Waals surface area (Å²) in [5.74, 6) is 0.00800. The smallest absolute Gasteiger partial charge is 0.238 e. The SMILES string of the molecule is CN(CCCN)CC(=O)Nc1ccccc1I. The van der Waals surface area contributed by atoms with E-state index in [0.29, 0.717) is 13.1 Å². The molecule has 0 aliphatic rings. The fourth-order valence-corrected chi connectivity index (χ4v) is 1.96. The predicted octanol–water partition coefficient (Wildman–Crippen LogP) is 1.51. The molecular weight excluding hydrogens is 329 g/mol. The van der Waals surface area contributed by atoms with Gasteiger partial charge in [0.15, 0.2) is 0 Å². The van der Waals surface area contributed by atoms with Crippen LogP contribution in [0.15, 0.2) is 24.3 Å². The average molecular weight is 347 g/mol. The standard InChI is InChI=1S/C12H18IN3O/c1-16(8-4-7-14)9-12(17)15-11-6-3-2-5-10(11)13/h2-3,5-6H,4,7-9,14H2,1H3,(H,15,17). The maximum absolute atomic E-state index is 11.8. The summed E-state index contributed by atoms with van der Waals surface area (Å²) in [5.41, 5.74) is 6.29. The Labute approximate surface area is 116 Å². The first-order valence-corrected chi connectivity index (χ1v) is 6.64. The van der Waals surface area contributed by atoms with Crippen LogP contribution in [0.2, 0.25) is 0 Å². The summed E-state index contributed by atoms with van der Waals surface area (Å²) in [6, 6.07) is 7.73. The highest BCUT2D eigenvalue weighted by atomic mass is 127. The van der Waals surface area contributed by atoms with Crippen molar-refractivity contribution < 1.29 is 4.79 Å². The average Bonchev–Trinajstić information content (AvgIpc) is 2.29. The van der Waals surface area contributed by atoms with Crippen LogP contribution in [0.3, 0.4) is 0 Å². The molecule has 0 aliphatic heterocycles. The quantitative estimate of drug-likeness (QED) is 0.767. The van der Waals surface area contributed by atoms with Gasteiger partial charge in [-0.1, -0.05) is 12.1 Å². The maximum atomic E-state index is 11.8. The summed E-state index contributed by atoms with van der Waals surface area (Å²) in [7, 11) is 1.92. The molecule has 0 saturated carbocycles. The van der Waals surface area contributed by atoms with Gasteiger partial charge >= 0.3 is 0 Å². The monoisotopic (exact) mass is 347 g/mol. The summed E-state index contributed by atoms with van der Waals surface area (Å²) >= 11 is 2.21. The highest BCUT2D eigenvalue weighted by molar-refractivity contribution is 14.1. The normalized spacial score (nSPS) is 10.6. The minimum atomic E-state index is 0.00800. The zero-order valence-corrected chi connectivity index (χ0v) is 12.1. The Morgan fingerprint density at radius 3 is 2.82 bits per heavy atom. The molecule has 0 saturated heterocycles. The van der Waals surface area contributed by atoms with E-state index in [2.05, 4.69) is 27.9 Å². The molecule has 0 aliphatic carbocycles. The van der Waals surface area contributed by atoms with Crippen LogP contribution in [0.25, 0.3) is 0 Å². The van der Waals surface area contributed by atoms with Gasteiger partial charge in [-0.15, -0.1) is 0 Å². The fraction of sp³-hybridized carbons (Fsp3) is 0.417. The second-order valence-corrected chi connectivity index (χ2v) is 5.07. The van der Waals surface area contributed by atoms with Gasteiger partial charge in [0.25, 0.3) is 0 Å². The van der Waals surface area contributed by atoms with Crippen LogP contribution in [0.4, 0.5) is 5.69 Å². The van der Waals surface area contributed by atoms with Crippen molar-refractivity contribution in [3.05, 3.63) is 27.8 Å². The number of halogens is 1. The van der Waals surface area contributed by atoms with Crippen LogP contribution in [0.1, 0.15) is 6.42 Å². The summed E-state index contributed by atoms with van der Waals surface area (Å²) in [5, 5.41) is 2.90. The van der Waals surface area contributed by atoms with Crippen molar-refractivity contribution in [2.45, 2.75) is 6.42 Å². The van der Waals surface area contributed by atoms with E-state index in [9.17, 15) is 4.79 Å². The number of hydrogen-bond donors (Lipinski definition) is 2. The van der Waals surface area contributed by atoms with Gasteiger partial charge in [0.2, 0.25) is 5.91 Å². The van der Waals surface area contributed by atoms with Crippen molar-refractivity contribution in [1.29, 1.82) is 0 Å². The topological polar surface area (TPSA) is 58.4 Å². The first-order chi connectivity index (χ1) is 8.13. The van der Waals surface area contributed by atoms with Crippen molar-refractivity contribution in [1.82, 2.24) is 4.90 Å². The Morgan fingerprint density at radius 2 is 2.18 bits per heavy atom. The van der Waals surface area contributed by atoms with E-state index >= 15 is 0 Å². The number of hydrogen-bond acceptors (Lipinski definition) is 3. The van der Waals surface area contributed by atoms with Gasteiger partial charge in [-0.2, -0.15) is 0 Å². The molecule has 0 heterocycles. The van der Waals surface area contributed by atoms with Gasteiger partial charge in [-0.05, 0) is 61.3 Å². The van der Waals surface area contributed by atoms with Crippen LogP contribution in [-0.2, 0) is 4.79 Å². The number of amides is 1. The molecule has 0 aromatic heterocycles. The second kappa shape index (κ2) is 7.62. The minimum absolute atomic E-state index is 0.00800. The third-order valence-corrected chi connectivity index (χ3v) is 3.25. The molecule has 94 valence electrons. The number of likely N-dealkylation sites (N-methyl/N-ethyl adjacent to an activating group) is 1. The van der Waals surface area contributed by atoms with Crippen LogP contribution in [0.5, 0.6) is 0 Å². The molecule has 1 rings (SSSR count). The van der Waals surface area contributed by atoms with Crippen molar-refractivity contribution in [3.63, 3.8) is 0 Å². The number of carbonyl (C=O) groups excluding carboxylic acids is 1. The number of rotatable bonds is 6. The molecule has 0 unspecified atom stereocenters. The van der Waals surface area contributed by atoms with Crippen molar-refractivity contribution in [3.8, 4) is 0 Å². The third-order valence-electron chi connectivity index (χ3n) is 2.31. The molecule has 0 bridgehead atoms. The van der Waals surface area contributed by atoms with Crippen LogP contribution in [-0.4, -0.2) is 37.5 Å². The van der Waals surface area contributed by atoms with E-state index in [1.165, 1.54) is 0 Å². The summed E-state index contributed by atoms with van der Waals surface area (Å²) < 4.78 is 1.04. The van der Waals surface area contributed by atoms with Gasteiger partial charge in [0.1, 0.15) is 0 Å². The summed E-state index contributed by atoms with van der Waals surface area (Å²) in [6.45, 7) is 1.89. The number of anilines is 1. The fourth-order valence-electron chi connectivity index (χ4n) is 1.44. The molecule has 1 amide bonds. The number of nitrogens with two attached hydrogens (primary N) is 1. The molecule has 1 aromatic carbocycles. The van der Waals surface area contributed by atoms with Crippen molar-refractivity contribution in [2.24, 2.45) is 5.73 Å². The molecule has 3 N–H and O–H groups in total. The molecule has 0 fully saturated rings. The zero-order valence-electron chi connectivity index (χ0n) is 9.95. The maximum Gasteiger partial charge on any atom is 0.238 e. The lowest BCUT2D eigenvalue weighted by Crippen LogP contribution is -2.31. The second-order valence-electron chi connectivity index (χ2n) is 3.91. The molecule has 17 heavy (non-hydrogen) atoms. The molecular formula is C12H18IN3O. The van der Waals surface area contributed by atoms with Gasteiger partial charge < -0.3 is 11.1 Å². The minimum Gasteiger partial charge on any atom is -0.330 e. The molecule has 4 nitrogen and oxygen atoms in total. The Bertz CT molecular complexity index is 371. The number of carbonyl (C=O) groups is 1. The third kappa shape index (κ3) is 5.47. The molecule has 0 spiro atoms. The van der Waals surface area contributed by atoms with Crippen LogP contribution >= 0.6 is 22.6 Å². The van der Waals surface area contributed by atoms with E-state index in [4.69, 9.17) is 5.73 Å². The van der Waals surface area contributed by atoms with Gasteiger partial charge in [-0.25, -0.2) is 0 Å². The lowest BCUT2D eigenvalue weighted by atomic mass is 10.3. The van der Waals surface area contributed by atoms with Gasteiger partial charge in [0.05, 0.1) is 12.2 Å². The molecule has 1 aromatic rings. The van der Waals surface area contributed by atoms with Gasteiger partial charge in [0, 0.05) is 3.57 Å². The lowest BCUT2D eigenvalue weighted by molar-refractivity contribution is -0.117. The van der Waals surface area contributed by atoms with E-state index in [0.717, 1.165) is 22.2 Å².